The van der Waals surface area contributed by atoms with Gasteiger partial charge in [-0.2, -0.15) is 0 Å². The van der Waals surface area contributed by atoms with Crippen molar-refractivity contribution in [3.8, 4) is 0 Å². The predicted octanol–water partition coefficient (Wildman–Crippen LogP) is 3.58. The summed E-state index contributed by atoms with van der Waals surface area (Å²) in [5.41, 5.74) is 11.5. The second-order valence-electron chi connectivity index (χ2n) is 9.19. The quantitative estimate of drug-likeness (QED) is 0.534. The highest BCUT2D eigenvalue weighted by atomic mass is 16.6. The van der Waals surface area contributed by atoms with Gasteiger partial charge in [0.15, 0.2) is 0 Å². The Morgan fingerprint density at radius 2 is 1.58 bits per heavy atom. The number of nitrogens with one attached hydrogen (secondary N) is 1. The molecule has 3 aromatic rings. The highest BCUT2D eigenvalue weighted by Crippen LogP contribution is 2.25. The number of nitrogens with two attached hydrogens (primary N) is 1. The van der Waals surface area contributed by atoms with Gasteiger partial charge in [-0.15, -0.1) is 0 Å². The summed E-state index contributed by atoms with van der Waals surface area (Å²) in [5, 5.41) is 2.82. The number of ether oxygens (including phenoxy) is 1. The van der Waals surface area contributed by atoms with Gasteiger partial charge in [0.1, 0.15) is 18.7 Å². The highest BCUT2D eigenvalue weighted by Gasteiger charge is 2.37. The van der Waals surface area contributed by atoms with Gasteiger partial charge in [0.2, 0.25) is 11.8 Å². The van der Waals surface area contributed by atoms with Gasteiger partial charge >= 0.3 is 6.09 Å². The van der Waals surface area contributed by atoms with Crippen LogP contribution in [-0.2, 0) is 40.3 Å². The van der Waals surface area contributed by atoms with Crippen molar-refractivity contribution < 1.29 is 19.1 Å². The molecule has 0 radical (unpaired) electrons. The average Bonchev–Trinajstić information content (AvgIpc) is 2.88. The van der Waals surface area contributed by atoms with E-state index in [1.807, 2.05) is 86.6 Å². The SMILES string of the molecule is Cc1cccc(C)c1C[C@H](NC(=O)[C@@H]1Cc2ccccc2CN1C(=O)OCc1ccccc1)C(N)=O. The molecule has 7 nitrogen and oxygen atoms in total. The number of aryl methyl sites for hydroxylation is 2. The molecular formula is C29H31N3O4. The summed E-state index contributed by atoms with van der Waals surface area (Å²) in [6, 6.07) is 21.2. The fourth-order valence-corrected chi connectivity index (χ4v) is 4.62. The molecule has 0 bridgehead atoms. The number of carbonyl (C=O) groups is 3. The topological polar surface area (TPSA) is 102 Å². The summed E-state index contributed by atoms with van der Waals surface area (Å²) in [5.74, 6) is -1.06. The monoisotopic (exact) mass is 485 g/mol. The number of benzene rings is 3. The van der Waals surface area contributed by atoms with Crippen molar-refractivity contribution in [2.45, 2.75) is 51.9 Å². The van der Waals surface area contributed by atoms with Gasteiger partial charge in [0.05, 0.1) is 6.54 Å². The normalized spacial score (nSPS) is 15.5. The summed E-state index contributed by atoms with van der Waals surface area (Å²) >= 11 is 0. The van der Waals surface area contributed by atoms with Gasteiger partial charge in [-0.05, 0) is 47.2 Å². The number of rotatable bonds is 7. The maximum Gasteiger partial charge on any atom is 0.411 e. The zero-order chi connectivity index (χ0) is 25.7. The molecule has 1 aliphatic rings. The van der Waals surface area contributed by atoms with Crippen molar-refractivity contribution in [2.75, 3.05) is 0 Å². The smallest absolute Gasteiger partial charge is 0.411 e. The largest absolute Gasteiger partial charge is 0.445 e. The molecule has 0 unspecified atom stereocenters. The van der Waals surface area contributed by atoms with Crippen LogP contribution in [0.2, 0.25) is 0 Å². The Labute approximate surface area is 211 Å². The van der Waals surface area contributed by atoms with Gasteiger partial charge in [0, 0.05) is 12.8 Å². The lowest BCUT2D eigenvalue weighted by molar-refractivity contribution is -0.131. The highest BCUT2D eigenvalue weighted by molar-refractivity contribution is 5.91. The second-order valence-corrected chi connectivity index (χ2v) is 9.19. The Hall–Kier alpha value is -4.13. The first kappa shape index (κ1) is 25.0. The number of carbonyl (C=O) groups excluding carboxylic acids is 3. The molecule has 7 heteroatoms. The maximum absolute atomic E-state index is 13.5. The third-order valence-electron chi connectivity index (χ3n) is 6.70. The van der Waals surface area contributed by atoms with Crippen molar-refractivity contribution in [2.24, 2.45) is 5.73 Å². The minimum absolute atomic E-state index is 0.0998. The Morgan fingerprint density at radius 3 is 2.25 bits per heavy atom. The second kappa shape index (κ2) is 11.1. The van der Waals surface area contributed by atoms with E-state index in [-0.39, 0.29) is 19.6 Å². The van der Waals surface area contributed by atoms with Gasteiger partial charge in [-0.3, -0.25) is 14.5 Å². The third kappa shape index (κ3) is 5.74. The van der Waals surface area contributed by atoms with Crippen molar-refractivity contribution in [3.05, 3.63) is 106 Å². The van der Waals surface area contributed by atoms with Crippen LogP contribution < -0.4 is 11.1 Å². The standard InChI is InChI=1S/C29H31N3O4/c1-19-9-8-10-20(2)24(19)16-25(27(30)33)31-28(34)26-15-22-13-6-7-14-23(22)17-32(26)29(35)36-18-21-11-4-3-5-12-21/h3-14,25-26H,15-18H2,1-2H3,(H2,30,33)(H,31,34)/t25-,26-/m0/s1. The van der Waals surface area contributed by atoms with Crippen molar-refractivity contribution in [1.82, 2.24) is 10.2 Å². The van der Waals surface area contributed by atoms with Crippen LogP contribution in [0.15, 0.2) is 72.8 Å². The van der Waals surface area contributed by atoms with E-state index in [1.54, 1.807) is 0 Å². The Balaban J connectivity index is 1.54. The molecule has 0 aliphatic carbocycles. The van der Waals surface area contributed by atoms with E-state index in [0.29, 0.717) is 6.42 Å². The molecule has 3 N–H and O–H groups in total. The lowest BCUT2D eigenvalue weighted by Gasteiger charge is -2.35. The van der Waals surface area contributed by atoms with Crippen LogP contribution in [0.25, 0.3) is 0 Å². The predicted molar refractivity (Wildman–Crippen MR) is 137 cm³/mol. The first-order valence-corrected chi connectivity index (χ1v) is 12.0. The number of nitrogens with zero attached hydrogens (tertiary/aromatic N) is 1. The van der Waals surface area contributed by atoms with Gasteiger partial charge in [-0.25, -0.2) is 4.79 Å². The summed E-state index contributed by atoms with van der Waals surface area (Å²) in [4.78, 5) is 40.4. The van der Waals surface area contributed by atoms with E-state index >= 15 is 0 Å². The minimum Gasteiger partial charge on any atom is -0.445 e. The summed E-state index contributed by atoms with van der Waals surface area (Å²) in [7, 11) is 0. The molecule has 186 valence electrons. The average molecular weight is 486 g/mol. The van der Waals surface area contributed by atoms with Crippen LogP contribution in [0.4, 0.5) is 4.79 Å². The number of amides is 3. The van der Waals surface area contributed by atoms with Crippen molar-refractivity contribution in [3.63, 3.8) is 0 Å². The van der Waals surface area contributed by atoms with Crippen LogP contribution >= 0.6 is 0 Å². The van der Waals surface area contributed by atoms with Gasteiger partial charge < -0.3 is 15.8 Å². The molecule has 0 fully saturated rings. The molecule has 0 saturated carbocycles. The zero-order valence-electron chi connectivity index (χ0n) is 20.6. The first-order chi connectivity index (χ1) is 17.3. The lowest BCUT2D eigenvalue weighted by Crippen LogP contribution is -2.56. The van der Waals surface area contributed by atoms with E-state index in [9.17, 15) is 14.4 Å². The number of hydrogen-bond donors (Lipinski definition) is 2. The van der Waals surface area contributed by atoms with E-state index in [1.165, 1.54) is 4.90 Å². The van der Waals surface area contributed by atoms with E-state index in [0.717, 1.165) is 33.4 Å². The van der Waals surface area contributed by atoms with Crippen LogP contribution in [0.5, 0.6) is 0 Å². The van der Waals surface area contributed by atoms with Crippen LogP contribution in [0, 0.1) is 13.8 Å². The Morgan fingerprint density at radius 1 is 0.944 bits per heavy atom. The number of primary amides is 1. The molecule has 1 aliphatic heterocycles. The maximum atomic E-state index is 13.5. The van der Waals surface area contributed by atoms with Crippen LogP contribution in [-0.4, -0.2) is 34.9 Å². The molecule has 0 spiro atoms. The van der Waals surface area contributed by atoms with Crippen molar-refractivity contribution >= 4 is 17.9 Å². The van der Waals surface area contributed by atoms with E-state index in [4.69, 9.17) is 10.5 Å². The van der Waals surface area contributed by atoms with Gasteiger partial charge in [0.25, 0.3) is 0 Å². The van der Waals surface area contributed by atoms with Crippen molar-refractivity contribution in [1.29, 1.82) is 0 Å². The molecule has 0 saturated heterocycles. The number of hydrogen-bond acceptors (Lipinski definition) is 4. The molecule has 2 atom stereocenters. The Kier molecular flexibility index (Phi) is 7.68. The van der Waals surface area contributed by atoms with E-state index in [2.05, 4.69) is 5.32 Å². The van der Waals surface area contributed by atoms with E-state index < -0.39 is 30.0 Å². The number of fused-ring (bicyclic) bond motifs is 1. The fraction of sp³-hybridized carbons (Fsp3) is 0.276. The summed E-state index contributed by atoms with van der Waals surface area (Å²) in [6.07, 6.45) is 0.0115. The molecule has 0 aromatic heterocycles. The Bertz CT molecular complexity index is 1240. The lowest BCUT2D eigenvalue weighted by atomic mass is 9.93. The molecule has 3 aromatic carbocycles. The molecular weight excluding hydrogens is 454 g/mol. The summed E-state index contributed by atoms with van der Waals surface area (Å²) in [6.45, 7) is 4.26. The molecule has 3 amide bonds. The molecule has 1 heterocycles. The van der Waals surface area contributed by atoms with Crippen LogP contribution in [0.1, 0.15) is 33.4 Å². The third-order valence-corrected chi connectivity index (χ3v) is 6.70. The summed E-state index contributed by atoms with van der Waals surface area (Å²) < 4.78 is 5.56. The molecule has 4 rings (SSSR count). The fourth-order valence-electron chi connectivity index (χ4n) is 4.62. The van der Waals surface area contributed by atoms with Crippen LogP contribution in [0.3, 0.4) is 0 Å². The van der Waals surface area contributed by atoms with Gasteiger partial charge in [-0.1, -0.05) is 72.8 Å². The zero-order valence-corrected chi connectivity index (χ0v) is 20.6. The first-order valence-electron chi connectivity index (χ1n) is 12.0. The minimum atomic E-state index is -0.906. The molecule has 36 heavy (non-hydrogen) atoms.